The largest absolute Gasteiger partial charge is 0.455 e. The SMILES string of the molecule is CCC1C(c2cccc3c2oc2ccccc23)=NC(c2cc(-n3c4ccccc4c4cc5ccccc5cc43)c3c(c2)sc2ccccc23)=NC1n1c2ccccc2c2ccccc21. The van der Waals surface area contributed by atoms with Gasteiger partial charge in [0.25, 0.3) is 0 Å². The van der Waals surface area contributed by atoms with E-state index in [1.54, 1.807) is 0 Å². The van der Waals surface area contributed by atoms with Crippen molar-refractivity contribution in [1.29, 1.82) is 0 Å². The van der Waals surface area contributed by atoms with Crippen molar-refractivity contribution in [2.24, 2.45) is 15.9 Å². The molecule has 0 aliphatic carbocycles. The van der Waals surface area contributed by atoms with Crippen LogP contribution in [0.3, 0.4) is 0 Å². The van der Waals surface area contributed by atoms with Gasteiger partial charge in [-0.1, -0.05) is 134 Å². The van der Waals surface area contributed by atoms with Crippen molar-refractivity contribution in [3.8, 4) is 5.69 Å². The van der Waals surface area contributed by atoms with Gasteiger partial charge in [0.15, 0.2) is 5.84 Å². The molecular weight excluding hydrogens is 801 g/mol. The van der Waals surface area contributed by atoms with Gasteiger partial charge in [0.1, 0.15) is 17.3 Å². The second-order valence-electron chi connectivity index (χ2n) is 17.1. The zero-order valence-electron chi connectivity index (χ0n) is 34.9. The standard InChI is InChI=1S/C58H38N4OS/c1-2-37-55(44-24-15-23-42-41-21-8-13-28-51(41)63-56(42)44)59-57(60-58(37)62-47-26-11-5-18-38(47)39-19-6-12-27-48(39)62)36-32-50(54-43-22-9-14-29-52(43)64-53(54)33-36)61-46-25-10-7-20-40(46)45-30-34-16-3-4-17-35(34)31-49(45)61/h3-33,37,58H,2H2,1H3. The van der Waals surface area contributed by atoms with Gasteiger partial charge in [-0.25, -0.2) is 9.98 Å². The highest BCUT2D eigenvalue weighted by Crippen LogP contribution is 2.45. The molecule has 2 atom stereocenters. The Morgan fingerprint density at radius 2 is 1.16 bits per heavy atom. The van der Waals surface area contributed by atoms with E-state index < -0.39 is 0 Å². The highest BCUT2D eigenvalue weighted by Gasteiger charge is 2.35. The molecule has 6 heteroatoms. The summed E-state index contributed by atoms with van der Waals surface area (Å²) in [6.45, 7) is 2.27. The molecule has 0 amide bonds. The first-order valence-electron chi connectivity index (χ1n) is 22.1. The number of aliphatic imine (C=N–C) groups is 2. The summed E-state index contributed by atoms with van der Waals surface area (Å²) in [7, 11) is 0. The molecule has 9 aromatic carbocycles. The van der Waals surface area contributed by atoms with Crippen LogP contribution in [0.5, 0.6) is 0 Å². The second-order valence-corrected chi connectivity index (χ2v) is 18.2. The number of fused-ring (bicyclic) bond motifs is 13. The number of para-hydroxylation sites is 5. The summed E-state index contributed by atoms with van der Waals surface area (Å²) in [5.74, 6) is 0.659. The van der Waals surface area contributed by atoms with Crippen LogP contribution in [0.4, 0.5) is 0 Å². The molecule has 14 rings (SSSR count). The maximum atomic E-state index is 6.78. The first-order chi connectivity index (χ1) is 31.7. The van der Waals surface area contributed by atoms with Gasteiger partial charge in [0.05, 0.1) is 33.5 Å². The van der Waals surface area contributed by atoms with E-state index in [9.17, 15) is 0 Å². The van der Waals surface area contributed by atoms with E-state index in [1.807, 2.05) is 17.4 Å². The lowest BCUT2D eigenvalue weighted by Crippen LogP contribution is -2.31. The smallest absolute Gasteiger partial charge is 0.157 e. The van der Waals surface area contributed by atoms with E-state index in [-0.39, 0.29) is 12.1 Å². The molecule has 5 heterocycles. The lowest BCUT2D eigenvalue weighted by Gasteiger charge is -2.31. The maximum Gasteiger partial charge on any atom is 0.157 e. The molecule has 0 saturated heterocycles. The van der Waals surface area contributed by atoms with Gasteiger partial charge < -0.3 is 13.6 Å². The Labute approximate surface area is 371 Å². The molecule has 0 bridgehead atoms. The summed E-state index contributed by atoms with van der Waals surface area (Å²) in [4.78, 5) is 11.6. The average Bonchev–Trinajstić information content (AvgIpc) is 4.10. The summed E-state index contributed by atoms with van der Waals surface area (Å²) in [5.41, 5.74) is 10.5. The van der Waals surface area contributed by atoms with Crippen molar-refractivity contribution >= 4 is 119 Å². The number of benzene rings is 9. The lowest BCUT2D eigenvalue weighted by molar-refractivity contribution is 0.427. The van der Waals surface area contributed by atoms with Crippen LogP contribution >= 0.6 is 11.3 Å². The third kappa shape index (κ3) is 5.06. The van der Waals surface area contributed by atoms with Crippen LogP contribution in [0, 0.1) is 5.92 Å². The Balaban J connectivity index is 1.10. The molecule has 1 aliphatic heterocycles. The first-order valence-corrected chi connectivity index (χ1v) is 22.9. The molecule has 0 N–H and O–H groups in total. The summed E-state index contributed by atoms with van der Waals surface area (Å²) in [6, 6.07) is 68.2. The van der Waals surface area contributed by atoms with Gasteiger partial charge >= 0.3 is 0 Å². The molecular formula is C58H38N4OS. The van der Waals surface area contributed by atoms with Crippen molar-refractivity contribution in [3.05, 3.63) is 199 Å². The molecule has 0 saturated carbocycles. The minimum Gasteiger partial charge on any atom is -0.455 e. The molecule has 13 aromatic rings. The lowest BCUT2D eigenvalue weighted by atomic mass is 9.88. The van der Waals surface area contributed by atoms with Crippen molar-refractivity contribution in [3.63, 3.8) is 0 Å². The molecule has 5 nitrogen and oxygen atoms in total. The van der Waals surface area contributed by atoms with E-state index in [0.29, 0.717) is 5.84 Å². The van der Waals surface area contributed by atoms with Crippen LogP contribution in [0.25, 0.3) is 102 Å². The fraction of sp³-hybridized carbons (Fsp3) is 0.0690. The number of nitrogens with zero attached hydrogens (tertiary/aromatic N) is 4. The van der Waals surface area contributed by atoms with E-state index in [1.165, 1.54) is 63.5 Å². The fourth-order valence-corrected chi connectivity index (χ4v) is 12.0. The van der Waals surface area contributed by atoms with Crippen molar-refractivity contribution in [2.45, 2.75) is 19.5 Å². The van der Waals surface area contributed by atoms with Crippen LogP contribution in [0.1, 0.15) is 30.6 Å². The number of rotatable bonds is 5. The molecule has 0 fully saturated rings. The van der Waals surface area contributed by atoms with Gasteiger partial charge in [0, 0.05) is 69.5 Å². The Hall–Kier alpha value is -7.80. The van der Waals surface area contributed by atoms with Crippen LogP contribution in [0.2, 0.25) is 0 Å². The maximum absolute atomic E-state index is 6.78. The first kappa shape index (κ1) is 35.8. The minimum atomic E-state index is -0.293. The highest BCUT2D eigenvalue weighted by molar-refractivity contribution is 7.26. The number of aromatic nitrogens is 2. The average molecular weight is 839 g/mol. The van der Waals surface area contributed by atoms with E-state index in [4.69, 9.17) is 14.4 Å². The van der Waals surface area contributed by atoms with E-state index in [0.717, 1.165) is 61.9 Å². The molecule has 0 spiro atoms. The summed E-state index contributed by atoms with van der Waals surface area (Å²) < 4.78 is 14.2. The Kier molecular flexibility index (Phi) is 7.60. The summed E-state index contributed by atoms with van der Waals surface area (Å²) in [6.07, 6.45) is 0.534. The monoisotopic (exact) mass is 838 g/mol. The quantitative estimate of drug-likeness (QED) is 0.170. The van der Waals surface area contributed by atoms with Gasteiger partial charge in [0.2, 0.25) is 0 Å². The predicted octanol–water partition coefficient (Wildman–Crippen LogP) is 15.8. The molecule has 0 radical (unpaired) electrons. The van der Waals surface area contributed by atoms with Gasteiger partial charge in [-0.2, -0.15) is 0 Å². The topological polar surface area (TPSA) is 47.7 Å². The van der Waals surface area contributed by atoms with Crippen LogP contribution in [-0.4, -0.2) is 20.7 Å². The number of hydrogen-bond donors (Lipinski definition) is 0. The molecule has 302 valence electrons. The Morgan fingerprint density at radius 3 is 1.92 bits per heavy atom. The third-order valence-corrected chi connectivity index (χ3v) is 14.8. The Bertz CT molecular complexity index is 4100. The normalized spacial score (nSPS) is 15.8. The molecule has 4 aromatic heterocycles. The number of hydrogen-bond acceptors (Lipinski definition) is 4. The predicted molar refractivity (Wildman–Crippen MR) is 270 cm³/mol. The third-order valence-electron chi connectivity index (χ3n) is 13.7. The fourth-order valence-electron chi connectivity index (χ4n) is 10.9. The Morgan fingerprint density at radius 1 is 0.531 bits per heavy atom. The van der Waals surface area contributed by atoms with Gasteiger partial charge in [-0.05, 0) is 77.9 Å². The van der Waals surface area contributed by atoms with Crippen LogP contribution < -0.4 is 0 Å². The second kappa shape index (κ2) is 13.6. The summed E-state index contributed by atoms with van der Waals surface area (Å²) >= 11 is 1.84. The zero-order valence-corrected chi connectivity index (χ0v) is 35.7. The minimum absolute atomic E-state index is 0.0556. The highest BCUT2D eigenvalue weighted by atomic mass is 32.1. The number of thiophene rings is 1. The van der Waals surface area contributed by atoms with Gasteiger partial charge in [-0.15, -0.1) is 11.3 Å². The van der Waals surface area contributed by atoms with Crippen LogP contribution in [0.15, 0.2) is 202 Å². The van der Waals surface area contributed by atoms with E-state index in [2.05, 4.69) is 198 Å². The number of amidine groups is 1. The van der Waals surface area contributed by atoms with Crippen molar-refractivity contribution < 1.29 is 4.42 Å². The summed E-state index contributed by atoms with van der Waals surface area (Å²) in [5, 5.41) is 12.0. The van der Waals surface area contributed by atoms with Gasteiger partial charge in [-0.3, -0.25) is 0 Å². The number of furan rings is 1. The zero-order chi connectivity index (χ0) is 42.0. The van der Waals surface area contributed by atoms with Crippen molar-refractivity contribution in [2.75, 3.05) is 0 Å². The van der Waals surface area contributed by atoms with E-state index >= 15 is 0 Å². The molecule has 64 heavy (non-hydrogen) atoms. The van der Waals surface area contributed by atoms with Crippen LogP contribution in [-0.2, 0) is 0 Å². The van der Waals surface area contributed by atoms with Crippen molar-refractivity contribution in [1.82, 2.24) is 9.13 Å². The molecule has 2 unspecified atom stereocenters. The molecule has 1 aliphatic rings.